The maximum absolute atomic E-state index is 13.7. The van der Waals surface area contributed by atoms with Crippen LogP contribution in [0.15, 0.2) is 78.9 Å². The van der Waals surface area contributed by atoms with E-state index < -0.39 is 5.97 Å². The fraction of sp³-hybridized carbons (Fsp3) is 0.312. The van der Waals surface area contributed by atoms with Gasteiger partial charge in [0.2, 0.25) is 5.91 Å². The van der Waals surface area contributed by atoms with Crippen LogP contribution in [-0.4, -0.2) is 17.0 Å². The van der Waals surface area contributed by atoms with E-state index in [1.54, 1.807) is 6.08 Å². The molecule has 0 heterocycles. The summed E-state index contributed by atoms with van der Waals surface area (Å²) in [5.41, 5.74) is 6.30. The number of carboxylic acid groups (broad SMARTS) is 1. The average Bonchev–Trinajstić information content (AvgIpc) is 2.91. The lowest BCUT2D eigenvalue weighted by Crippen LogP contribution is -2.36. The maximum Gasteiger partial charge on any atom is 0.328 e. The van der Waals surface area contributed by atoms with E-state index >= 15 is 0 Å². The molecule has 4 nitrogen and oxygen atoms in total. The van der Waals surface area contributed by atoms with Gasteiger partial charge in [-0.3, -0.25) is 4.79 Å². The third-order valence-electron chi connectivity index (χ3n) is 7.00. The Bertz CT molecular complexity index is 1220. The second-order valence-electron chi connectivity index (χ2n) is 10.0. The van der Waals surface area contributed by atoms with Crippen LogP contribution < -0.4 is 4.90 Å². The van der Waals surface area contributed by atoms with Gasteiger partial charge in [0.15, 0.2) is 0 Å². The minimum atomic E-state index is -0.991. The highest BCUT2D eigenvalue weighted by Gasteiger charge is 2.27. The van der Waals surface area contributed by atoms with Gasteiger partial charge < -0.3 is 10.0 Å². The molecule has 0 aromatic heterocycles. The topological polar surface area (TPSA) is 57.6 Å². The highest BCUT2D eigenvalue weighted by atomic mass is 16.4. The number of benzene rings is 3. The number of carbonyl (C=O) groups is 2. The summed E-state index contributed by atoms with van der Waals surface area (Å²) in [7, 11) is 0. The maximum atomic E-state index is 13.7. The van der Waals surface area contributed by atoms with Crippen molar-refractivity contribution in [1.82, 2.24) is 0 Å². The first-order valence-electron chi connectivity index (χ1n) is 12.9. The zero-order chi connectivity index (χ0) is 25.5. The van der Waals surface area contributed by atoms with Gasteiger partial charge in [-0.1, -0.05) is 93.8 Å². The van der Waals surface area contributed by atoms with Crippen LogP contribution in [0.2, 0.25) is 0 Å². The number of anilines is 1. The molecule has 3 aromatic carbocycles. The molecule has 1 aliphatic rings. The van der Waals surface area contributed by atoms with Crippen LogP contribution in [0.25, 0.3) is 17.2 Å². The molecule has 1 amide bonds. The number of rotatable bonds is 8. The minimum Gasteiger partial charge on any atom is -0.478 e. The summed E-state index contributed by atoms with van der Waals surface area (Å²) in [4.78, 5) is 26.5. The molecule has 0 aliphatic heterocycles. The first-order chi connectivity index (χ1) is 17.4. The number of aliphatic carboxylic acids is 1. The molecule has 0 radical (unpaired) electrons. The summed E-state index contributed by atoms with van der Waals surface area (Å²) < 4.78 is 0. The molecule has 186 valence electrons. The molecule has 4 heteroatoms. The van der Waals surface area contributed by atoms with E-state index in [0.717, 1.165) is 54.1 Å². The summed E-state index contributed by atoms with van der Waals surface area (Å²) in [5, 5.41) is 9.00. The fourth-order valence-electron chi connectivity index (χ4n) is 4.89. The number of hydrogen-bond donors (Lipinski definition) is 1. The van der Waals surface area contributed by atoms with Crippen LogP contribution >= 0.6 is 0 Å². The molecule has 0 atom stereocenters. The van der Waals surface area contributed by atoms with Gasteiger partial charge in [0.25, 0.3) is 0 Å². The Labute approximate surface area is 214 Å². The monoisotopic (exact) mass is 481 g/mol. The lowest BCUT2D eigenvalue weighted by atomic mass is 9.88. The van der Waals surface area contributed by atoms with Crippen LogP contribution in [0.5, 0.6) is 0 Å². The molecule has 3 aromatic rings. The second-order valence-corrected chi connectivity index (χ2v) is 10.0. The van der Waals surface area contributed by atoms with Gasteiger partial charge in [0.05, 0.1) is 6.54 Å². The van der Waals surface area contributed by atoms with E-state index in [1.165, 1.54) is 17.5 Å². The Hall–Kier alpha value is -3.66. The molecule has 0 saturated heterocycles. The second kappa shape index (κ2) is 11.9. The van der Waals surface area contributed by atoms with Crippen LogP contribution in [0, 0.1) is 5.92 Å². The first kappa shape index (κ1) is 25.4. The van der Waals surface area contributed by atoms with Crippen molar-refractivity contribution in [2.24, 2.45) is 5.92 Å². The predicted molar refractivity (Wildman–Crippen MR) is 147 cm³/mol. The summed E-state index contributed by atoms with van der Waals surface area (Å²) >= 11 is 0. The average molecular weight is 482 g/mol. The number of carboxylic acids is 1. The third-order valence-corrected chi connectivity index (χ3v) is 7.00. The van der Waals surface area contributed by atoms with Gasteiger partial charge in [-0.2, -0.15) is 0 Å². The van der Waals surface area contributed by atoms with Gasteiger partial charge in [-0.15, -0.1) is 0 Å². The largest absolute Gasteiger partial charge is 0.478 e. The zero-order valence-electron chi connectivity index (χ0n) is 21.2. The number of amides is 1. The minimum absolute atomic E-state index is 0.0371. The summed E-state index contributed by atoms with van der Waals surface area (Å²) in [6.07, 6.45) is 7.93. The molecule has 36 heavy (non-hydrogen) atoms. The number of carbonyl (C=O) groups excluding carboxylic acids is 1. The predicted octanol–water partition coefficient (Wildman–Crippen LogP) is 7.69. The molecule has 1 fully saturated rings. The van der Waals surface area contributed by atoms with Crippen molar-refractivity contribution < 1.29 is 14.7 Å². The van der Waals surface area contributed by atoms with Gasteiger partial charge in [0.1, 0.15) is 0 Å². The third kappa shape index (κ3) is 6.51. The van der Waals surface area contributed by atoms with Crippen molar-refractivity contribution in [2.75, 3.05) is 4.90 Å². The van der Waals surface area contributed by atoms with Crippen LogP contribution in [0.3, 0.4) is 0 Å². The van der Waals surface area contributed by atoms with E-state index in [9.17, 15) is 9.59 Å². The highest BCUT2D eigenvalue weighted by molar-refractivity contribution is 5.95. The molecule has 0 unspecified atom stereocenters. The van der Waals surface area contributed by atoms with Crippen molar-refractivity contribution in [3.63, 3.8) is 0 Å². The fourth-order valence-corrected chi connectivity index (χ4v) is 4.89. The molecule has 0 bridgehead atoms. The van der Waals surface area contributed by atoms with E-state index in [4.69, 9.17) is 5.11 Å². The Morgan fingerprint density at radius 3 is 2.33 bits per heavy atom. The SMILES string of the molecule is CC(C)c1cccc(-c2ccc(CN(C(=O)C3CCCCC3)c3cccc(/C=C/C(=O)O)c3)cc2)c1. The van der Waals surface area contributed by atoms with Gasteiger partial charge >= 0.3 is 5.97 Å². The van der Waals surface area contributed by atoms with Crippen LogP contribution in [0.4, 0.5) is 5.69 Å². The molecule has 1 saturated carbocycles. The highest BCUT2D eigenvalue weighted by Crippen LogP contribution is 2.30. The van der Waals surface area contributed by atoms with E-state index in [0.29, 0.717) is 12.5 Å². The van der Waals surface area contributed by atoms with E-state index in [1.807, 2.05) is 29.2 Å². The smallest absolute Gasteiger partial charge is 0.328 e. The molecule has 1 N–H and O–H groups in total. The van der Waals surface area contributed by atoms with Crippen molar-refractivity contribution >= 4 is 23.6 Å². The summed E-state index contributed by atoms with van der Waals surface area (Å²) in [6, 6.07) is 24.7. The summed E-state index contributed by atoms with van der Waals surface area (Å²) in [6.45, 7) is 4.88. The lowest BCUT2D eigenvalue weighted by molar-refractivity contribution is -0.131. The standard InChI is InChI=1S/C32H35NO3/c1-23(2)28-11-7-12-29(21-28)26-17-14-25(15-18-26)22-33(32(36)27-9-4-3-5-10-27)30-13-6-8-24(20-30)16-19-31(34)35/h6-8,11-21,23,27H,3-5,9-10,22H2,1-2H3,(H,34,35)/b19-16+. The molecular weight excluding hydrogens is 446 g/mol. The van der Waals surface area contributed by atoms with Crippen molar-refractivity contribution in [2.45, 2.75) is 58.4 Å². The molecule has 0 spiro atoms. The zero-order valence-corrected chi connectivity index (χ0v) is 21.2. The Balaban J connectivity index is 1.61. The number of nitrogens with zero attached hydrogens (tertiary/aromatic N) is 1. The first-order valence-corrected chi connectivity index (χ1v) is 12.9. The molecule has 1 aliphatic carbocycles. The van der Waals surface area contributed by atoms with Gasteiger partial charge in [-0.05, 0) is 64.8 Å². The Morgan fingerprint density at radius 1 is 0.917 bits per heavy atom. The quantitative estimate of drug-likeness (QED) is 0.336. The normalized spacial score (nSPS) is 14.3. The van der Waals surface area contributed by atoms with Gasteiger partial charge in [0, 0.05) is 17.7 Å². The van der Waals surface area contributed by atoms with Crippen LogP contribution in [0.1, 0.15) is 68.6 Å². The Morgan fingerprint density at radius 2 is 1.64 bits per heavy atom. The summed E-state index contributed by atoms with van der Waals surface area (Å²) in [5.74, 6) is -0.322. The van der Waals surface area contributed by atoms with Crippen molar-refractivity contribution in [3.8, 4) is 11.1 Å². The molecular formula is C32H35NO3. The lowest BCUT2D eigenvalue weighted by Gasteiger charge is -2.30. The van der Waals surface area contributed by atoms with Gasteiger partial charge in [-0.25, -0.2) is 4.79 Å². The van der Waals surface area contributed by atoms with E-state index in [2.05, 4.69) is 62.4 Å². The van der Waals surface area contributed by atoms with Crippen LogP contribution in [-0.2, 0) is 16.1 Å². The van der Waals surface area contributed by atoms with Crippen molar-refractivity contribution in [1.29, 1.82) is 0 Å². The van der Waals surface area contributed by atoms with E-state index in [-0.39, 0.29) is 11.8 Å². The van der Waals surface area contributed by atoms with Crippen molar-refractivity contribution in [3.05, 3.63) is 95.6 Å². The molecule has 4 rings (SSSR count). The number of hydrogen-bond acceptors (Lipinski definition) is 2. The Kier molecular flexibility index (Phi) is 8.37.